The smallest absolute Gasteiger partial charge is 0.112 e. The molecule has 4 heteroatoms. The average molecular weight is 287 g/mol. The molecule has 2 aromatic rings. The predicted octanol–water partition coefficient (Wildman–Crippen LogP) is 3.02. The Kier molecular flexibility index (Phi) is 4.00. The maximum atomic E-state index is 5.72. The minimum absolute atomic E-state index is 0.204. The fourth-order valence-corrected chi connectivity index (χ4v) is 3.34. The van der Waals surface area contributed by atoms with Gasteiger partial charge >= 0.3 is 0 Å². The lowest BCUT2D eigenvalue weighted by molar-refractivity contribution is 0.0393. The molecule has 2 atom stereocenters. The molecule has 1 aromatic heterocycles. The van der Waals surface area contributed by atoms with Crippen molar-refractivity contribution in [2.24, 2.45) is 0 Å². The van der Waals surface area contributed by atoms with Crippen LogP contribution in [0.3, 0.4) is 0 Å². The number of nitrogens with zero attached hydrogens (tertiary/aromatic N) is 2. The Morgan fingerprint density at radius 2 is 2.19 bits per heavy atom. The normalized spacial score (nSPS) is 23.1. The van der Waals surface area contributed by atoms with Crippen LogP contribution < -0.4 is 5.32 Å². The Morgan fingerprint density at radius 1 is 1.38 bits per heavy atom. The van der Waals surface area contributed by atoms with E-state index in [1.54, 1.807) is 0 Å². The van der Waals surface area contributed by atoms with Gasteiger partial charge in [0, 0.05) is 19.6 Å². The fourth-order valence-electron chi connectivity index (χ4n) is 3.34. The maximum Gasteiger partial charge on any atom is 0.112 e. The van der Waals surface area contributed by atoms with Gasteiger partial charge in [0.15, 0.2) is 0 Å². The first-order valence-corrected chi connectivity index (χ1v) is 7.83. The molecule has 0 spiro atoms. The second kappa shape index (κ2) is 5.78. The zero-order valence-corrected chi connectivity index (χ0v) is 13.4. The monoisotopic (exact) mass is 287 g/mol. The molecule has 0 unspecified atom stereocenters. The first-order chi connectivity index (χ1) is 10.1. The minimum atomic E-state index is 0.204. The van der Waals surface area contributed by atoms with Crippen LogP contribution >= 0.6 is 0 Å². The number of aryl methyl sites for hydroxylation is 1. The lowest BCUT2D eigenvalue weighted by Gasteiger charge is -2.34. The van der Waals surface area contributed by atoms with Gasteiger partial charge in [-0.3, -0.25) is 0 Å². The molecule has 1 aromatic carbocycles. The summed E-state index contributed by atoms with van der Waals surface area (Å²) in [6, 6.07) is 6.92. The predicted molar refractivity (Wildman–Crippen MR) is 85.9 cm³/mol. The Hall–Kier alpha value is -1.39. The van der Waals surface area contributed by atoms with Crippen molar-refractivity contribution in [1.29, 1.82) is 0 Å². The van der Waals surface area contributed by atoms with Crippen LogP contribution in [-0.2, 0) is 4.74 Å². The van der Waals surface area contributed by atoms with Gasteiger partial charge in [-0.05, 0) is 37.6 Å². The van der Waals surface area contributed by atoms with Gasteiger partial charge in [-0.15, -0.1) is 0 Å². The number of hydrogen-bond acceptors (Lipinski definition) is 3. The van der Waals surface area contributed by atoms with E-state index in [9.17, 15) is 0 Å². The van der Waals surface area contributed by atoms with Crippen LogP contribution in [0.15, 0.2) is 18.2 Å². The standard InChI is InChI=1S/C17H25N3O/c1-11(2)17-19-13-9-12(3)5-6-14(13)20(17)15-7-8-18-10-16(15)21-4/h5-6,9,11,15-16,18H,7-8,10H2,1-4H3/t15-,16-/m1/s1. The van der Waals surface area contributed by atoms with Crippen LogP contribution in [0.1, 0.15) is 43.6 Å². The van der Waals surface area contributed by atoms with E-state index in [1.807, 2.05) is 7.11 Å². The van der Waals surface area contributed by atoms with E-state index in [0.717, 1.165) is 25.0 Å². The van der Waals surface area contributed by atoms with Crippen LogP contribution in [0.5, 0.6) is 0 Å². The van der Waals surface area contributed by atoms with Crippen LogP contribution in [0.4, 0.5) is 0 Å². The van der Waals surface area contributed by atoms with Gasteiger partial charge < -0.3 is 14.6 Å². The number of nitrogens with one attached hydrogen (secondary N) is 1. The average Bonchev–Trinajstić information content (AvgIpc) is 2.85. The van der Waals surface area contributed by atoms with Gasteiger partial charge in [-0.1, -0.05) is 19.9 Å². The van der Waals surface area contributed by atoms with Crippen LogP contribution in [0.2, 0.25) is 0 Å². The van der Waals surface area contributed by atoms with Crippen molar-refractivity contribution in [3.63, 3.8) is 0 Å². The summed E-state index contributed by atoms with van der Waals surface area (Å²) in [6.45, 7) is 8.49. The quantitative estimate of drug-likeness (QED) is 0.943. The van der Waals surface area contributed by atoms with E-state index in [0.29, 0.717) is 12.0 Å². The van der Waals surface area contributed by atoms with Gasteiger partial charge in [0.1, 0.15) is 5.82 Å². The lowest BCUT2D eigenvalue weighted by atomic mass is 10.0. The largest absolute Gasteiger partial charge is 0.378 e. The molecule has 1 fully saturated rings. The summed E-state index contributed by atoms with van der Waals surface area (Å²) in [5.74, 6) is 1.58. The van der Waals surface area contributed by atoms with E-state index in [2.05, 4.69) is 48.9 Å². The number of ether oxygens (including phenoxy) is 1. The van der Waals surface area contributed by atoms with Crippen LogP contribution in [0, 0.1) is 6.92 Å². The molecule has 114 valence electrons. The number of hydrogen-bond donors (Lipinski definition) is 1. The Balaban J connectivity index is 2.16. The molecule has 1 N–H and O–H groups in total. The van der Waals surface area contributed by atoms with Gasteiger partial charge in [0.05, 0.1) is 23.2 Å². The highest BCUT2D eigenvalue weighted by molar-refractivity contribution is 5.77. The molecule has 1 aliphatic heterocycles. The highest BCUT2D eigenvalue weighted by atomic mass is 16.5. The molecular formula is C17H25N3O. The number of methoxy groups -OCH3 is 1. The second-order valence-corrected chi connectivity index (χ2v) is 6.32. The topological polar surface area (TPSA) is 39.1 Å². The molecule has 2 heterocycles. The van der Waals surface area contributed by atoms with Gasteiger partial charge in [0.25, 0.3) is 0 Å². The van der Waals surface area contributed by atoms with Crippen molar-refractivity contribution < 1.29 is 4.74 Å². The van der Waals surface area contributed by atoms with E-state index in [-0.39, 0.29) is 6.10 Å². The first kappa shape index (κ1) is 14.5. The molecule has 0 aliphatic carbocycles. The second-order valence-electron chi connectivity index (χ2n) is 6.32. The number of benzene rings is 1. The molecular weight excluding hydrogens is 262 g/mol. The Morgan fingerprint density at radius 3 is 2.90 bits per heavy atom. The lowest BCUT2D eigenvalue weighted by Crippen LogP contribution is -2.43. The molecule has 21 heavy (non-hydrogen) atoms. The van der Waals surface area contributed by atoms with Crippen LogP contribution in [-0.4, -0.2) is 35.9 Å². The Bertz CT molecular complexity index is 632. The number of rotatable bonds is 3. The zero-order valence-electron chi connectivity index (χ0n) is 13.4. The van der Waals surface area contributed by atoms with Gasteiger partial charge in [-0.2, -0.15) is 0 Å². The summed E-state index contributed by atoms with van der Waals surface area (Å²) in [5, 5.41) is 3.42. The van der Waals surface area contributed by atoms with E-state index < -0.39 is 0 Å². The molecule has 1 aliphatic rings. The molecule has 0 radical (unpaired) electrons. The summed E-state index contributed by atoms with van der Waals surface area (Å²) < 4.78 is 8.15. The maximum absolute atomic E-state index is 5.72. The number of aromatic nitrogens is 2. The van der Waals surface area contributed by atoms with Crippen molar-refractivity contribution in [2.75, 3.05) is 20.2 Å². The fraction of sp³-hybridized carbons (Fsp3) is 0.588. The molecule has 0 amide bonds. The van der Waals surface area contributed by atoms with E-state index in [1.165, 1.54) is 16.9 Å². The third kappa shape index (κ3) is 2.58. The number of imidazole rings is 1. The minimum Gasteiger partial charge on any atom is -0.378 e. The molecule has 0 saturated carbocycles. The molecule has 1 saturated heterocycles. The van der Waals surface area contributed by atoms with Crippen molar-refractivity contribution in [1.82, 2.24) is 14.9 Å². The molecule has 3 rings (SSSR count). The summed E-state index contributed by atoms with van der Waals surface area (Å²) in [4.78, 5) is 4.90. The highest BCUT2D eigenvalue weighted by Crippen LogP contribution is 2.31. The number of fused-ring (bicyclic) bond motifs is 1. The SMILES string of the molecule is CO[C@@H]1CNCC[C@H]1n1c(C(C)C)nc2cc(C)ccc21. The summed E-state index contributed by atoms with van der Waals surface area (Å²) in [5.41, 5.74) is 3.60. The molecule has 0 bridgehead atoms. The van der Waals surface area contributed by atoms with Crippen molar-refractivity contribution in [3.05, 3.63) is 29.6 Å². The third-order valence-electron chi connectivity index (χ3n) is 4.41. The summed E-state index contributed by atoms with van der Waals surface area (Å²) in [6.07, 6.45) is 1.28. The molecule has 4 nitrogen and oxygen atoms in total. The highest BCUT2D eigenvalue weighted by Gasteiger charge is 2.30. The van der Waals surface area contributed by atoms with Crippen LogP contribution in [0.25, 0.3) is 11.0 Å². The number of piperidine rings is 1. The van der Waals surface area contributed by atoms with Crippen molar-refractivity contribution in [3.8, 4) is 0 Å². The van der Waals surface area contributed by atoms with Gasteiger partial charge in [0.2, 0.25) is 0 Å². The van der Waals surface area contributed by atoms with E-state index >= 15 is 0 Å². The third-order valence-corrected chi connectivity index (χ3v) is 4.41. The summed E-state index contributed by atoms with van der Waals surface area (Å²) >= 11 is 0. The Labute approximate surface area is 126 Å². The first-order valence-electron chi connectivity index (χ1n) is 7.83. The summed E-state index contributed by atoms with van der Waals surface area (Å²) in [7, 11) is 1.81. The van der Waals surface area contributed by atoms with E-state index in [4.69, 9.17) is 9.72 Å². The zero-order chi connectivity index (χ0) is 15.0. The van der Waals surface area contributed by atoms with Crippen molar-refractivity contribution >= 4 is 11.0 Å². The van der Waals surface area contributed by atoms with Crippen molar-refractivity contribution in [2.45, 2.75) is 45.3 Å². The van der Waals surface area contributed by atoms with Gasteiger partial charge in [-0.25, -0.2) is 4.98 Å².